The second kappa shape index (κ2) is 6.12. The first-order chi connectivity index (χ1) is 11.3. The molecule has 0 bridgehead atoms. The third kappa shape index (κ3) is 3.13. The molecule has 1 aliphatic heterocycles. The standard InChI is InChI=1S/C17H23N3O3S/c1-17(2,3)19-15(21)10-8-20(9-10)16-18-13-11(22-4)6-7-12(23-5)14(13)24-16/h6-7,10H,8-9H2,1-5H3,(H,19,21). The van der Waals surface area contributed by atoms with E-state index in [4.69, 9.17) is 14.5 Å². The van der Waals surface area contributed by atoms with E-state index >= 15 is 0 Å². The number of thiazole rings is 1. The zero-order valence-corrected chi connectivity index (χ0v) is 15.5. The summed E-state index contributed by atoms with van der Waals surface area (Å²) in [6.07, 6.45) is 0. The third-order valence-corrected chi connectivity index (χ3v) is 5.05. The van der Waals surface area contributed by atoms with E-state index < -0.39 is 0 Å². The summed E-state index contributed by atoms with van der Waals surface area (Å²) in [4.78, 5) is 19.0. The summed E-state index contributed by atoms with van der Waals surface area (Å²) in [5, 5.41) is 3.93. The molecule has 2 aromatic rings. The van der Waals surface area contributed by atoms with Gasteiger partial charge in [-0.3, -0.25) is 4.79 Å². The fourth-order valence-electron chi connectivity index (χ4n) is 2.68. The van der Waals surface area contributed by atoms with Crippen molar-refractivity contribution in [1.82, 2.24) is 10.3 Å². The van der Waals surface area contributed by atoms with E-state index in [1.807, 2.05) is 32.9 Å². The summed E-state index contributed by atoms with van der Waals surface area (Å²) in [6.45, 7) is 7.35. The highest BCUT2D eigenvalue weighted by atomic mass is 32.1. The number of fused-ring (bicyclic) bond motifs is 1. The summed E-state index contributed by atoms with van der Waals surface area (Å²) < 4.78 is 11.8. The van der Waals surface area contributed by atoms with Crippen molar-refractivity contribution in [3.63, 3.8) is 0 Å². The SMILES string of the molecule is COc1ccc(OC)c2sc(N3CC(C(=O)NC(C)(C)C)C3)nc12. The number of rotatable bonds is 4. The van der Waals surface area contributed by atoms with Gasteiger partial charge in [0, 0.05) is 18.6 Å². The minimum atomic E-state index is -0.200. The van der Waals surface area contributed by atoms with Gasteiger partial charge in [-0.1, -0.05) is 11.3 Å². The number of ether oxygens (including phenoxy) is 2. The van der Waals surface area contributed by atoms with Crippen molar-refractivity contribution in [2.75, 3.05) is 32.2 Å². The zero-order valence-electron chi connectivity index (χ0n) is 14.7. The number of aromatic nitrogens is 1. The van der Waals surface area contributed by atoms with Crippen molar-refractivity contribution in [2.45, 2.75) is 26.3 Å². The number of hydrogen-bond acceptors (Lipinski definition) is 6. The summed E-state index contributed by atoms with van der Waals surface area (Å²) >= 11 is 1.57. The Hall–Kier alpha value is -2.02. The van der Waals surface area contributed by atoms with Gasteiger partial charge in [0.1, 0.15) is 21.7 Å². The molecular weight excluding hydrogens is 326 g/mol. The molecular formula is C17H23N3O3S. The van der Waals surface area contributed by atoms with Crippen LogP contribution in [-0.4, -0.2) is 43.7 Å². The third-order valence-electron chi connectivity index (χ3n) is 3.92. The van der Waals surface area contributed by atoms with Crippen LogP contribution in [0.3, 0.4) is 0 Å². The van der Waals surface area contributed by atoms with Crippen LogP contribution in [0.4, 0.5) is 5.13 Å². The van der Waals surface area contributed by atoms with E-state index in [1.54, 1.807) is 25.6 Å². The molecule has 1 fully saturated rings. The lowest BCUT2D eigenvalue weighted by atomic mass is 9.98. The molecule has 0 spiro atoms. The predicted octanol–water partition coefficient (Wildman–Crippen LogP) is 2.66. The Kier molecular flexibility index (Phi) is 4.29. The summed E-state index contributed by atoms with van der Waals surface area (Å²) in [7, 11) is 3.29. The van der Waals surface area contributed by atoms with Gasteiger partial charge >= 0.3 is 0 Å². The lowest BCUT2D eigenvalue weighted by molar-refractivity contribution is -0.127. The maximum atomic E-state index is 12.2. The fourth-order valence-corrected chi connectivity index (χ4v) is 3.77. The topological polar surface area (TPSA) is 63.7 Å². The van der Waals surface area contributed by atoms with Crippen LogP contribution in [0.1, 0.15) is 20.8 Å². The molecule has 130 valence electrons. The van der Waals surface area contributed by atoms with Gasteiger partial charge in [-0.15, -0.1) is 0 Å². The number of carbonyl (C=O) groups excluding carboxylic acids is 1. The van der Waals surface area contributed by atoms with Gasteiger partial charge in [0.2, 0.25) is 5.91 Å². The average Bonchev–Trinajstić information content (AvgIpc) is 2.87. The number of nitrogens with zero attached hydrogens (tertiary/aromatic N) is 2. The summed E-state index contributed by atoms with van der Waals surface area (Å²) in [5.41, 5.74) is 0.605. The highest BCUT2D eigenvalue weighted by Gasteiger charge is 2.36. The molecule has 0 radical (unpaired) electrons. The van der Waals surface area contributed by atoms with E-state index in [9.17, 15) is 4.79 Å². The molecule has 1 aromatic carbocycles. The van der Waals surface area contributed by atoms with Gasteiger partial charge < -0.3 is 19.7 Å². The smallest absolute Gasteiger partial charge is 0.227 e. The minimum Gasteiger partial charge on any atom is -0.495 e. The molecule has 3 rings (SSSR count). The largest absolute Gasteiger partial charge is 0.495 e. The van der Waals surface area contributed by atoms with Gasteiger partial charge in [-0.05, 0) is 32.9 Å². The van der Waals surface area contributed by atoms with Crippen molar-refractivity contribution < 1.29 is 14.3 Å². The lowest BCUT2D eigenvalue weighted by Crippen LogP contribution is -2.56. The Bertz CT molecular complexity index is 719. The first kappa shape index (κ1) is 16.8. The molecule has 0 unspecified atom stereocenters. The Balaban J connectivity index is 1.77. The molecule has 24 heavy (non-hydrogen) atoms. The number of nitrogens with one attached hydrogen (secondary N) is 1. The minimum absolute atomic E-state index is 0.0139. The van der Waals surface area contributed by atoms with Crippen molar-refractivity contribution in [3.8, 4) is 11.5 Å². The number of methoxy groups -OCH3 is 2. The summed E-state index contributed by atoms with van der Waals surface area (Å²) in [5.74, 6) is 1.64. The molecule has 1 amide bonds. The monoisotopic (exact) mass is 349 g/mol. The normalized spacial score (nSPS) is 15.3. The Labute approximate surface area is 145 Å². The molecule has 6 nitrogen and oxygen atoms in total. The van der Waals surface area contributed by atoms with Crippen LogP contribution in [0, 0.1) is 5.92 Å². The van der Waals surface area contributed by atoms with Crippen molar-refractivity contribution in [3.05, 3.63) is 12.1 Å². The second-order valence-corrected chi connectivity index (χ2v) is 7.96. The van der Waals surface area contributed by atoms with Crippen LogP contribution in [0.5, 0.6) is 11.5 Å². The van der Waals surface area contributed by atoms with Crippen LogP contribution in [0.15, 0.2) is 12.1 Å². The molecule has 1 aromatic heterocycles. The molecule has 1 aliphatic rings. The molecule has 2 heterocycles. The summed E-state index contributed by atoms with van der Waals surface area (Å²) in [6, 6.07) is 3.75. The molecule has 7 heteroatoms. The van der Waals surface area contributed by atoms with E-state index in [1.165, 1.54) is 0 Å². The first-order valence-electron chi connectivity index (χ1n) is 7.91. The highest BCUT2D eigenvalue weighted by molar-refractivity contribution is 7.22. The van der Waals surface area contributed by atoms with Crippen LogP contribution < -0.4 is 19.7 Å². The first-order valence-corrected chi connectivity index (χ1v) is 8.72. The van der Waals surface area contributed by atoms with Gasteiger partial charge in [-0.2, -0.15) is 0 Å². The number of benzene rings is 1. The maximum absolute atomic E-state index is 12.2. The fraction of sp³-hybridized carbons (Fsp3) is 0.529. The van der Waals surface area contributed by atoms with Crippen molar-refractivity contribution in [1.29, 1.82) is 0 Å². The lowest BCUT2D eigenvalue weighted by Gasteiger charge is -2.39. The molecule has 1 N–H and O–H groups in total. The molecule has 0 aliphatic carbocycles. The molecule has 1 saturated heterocycles. The number of carbonyl (C=O) groups is 1. The average molecular weight is 349 g/mol. The van der Waals surface area contributed by atoms with Crippen LogP contribution in [-0.2, 0) is 4.79 Å². The number of anilines is 1. The Morgan fingerprint density at radius 1 is 1.25 bits per heavy atom. The number of hydrogen-bond donors (Lipinski definition) is 1. The van der Waals surface area contributed by atoms with Crippen molar-refractivity contribution in [2.24, 2.45) is 5.92 Å². The number of amides is 1. The molecule has 0 saturated carbocycles. The van der Waals surface area contributed by atoms with E-state index in [0.29, 0.717) is 13.1 Å². The van der Waals surface area contributed by atoms with E-state index in [-0.39, 0.29) is 17.4 Å². The Morgan fingerprint density at radius 3 is 2.46 bits per heavy atom. The van der Waals surface area contributed by atoms with Crippen LogP contribution in [0.25, 0.3) is 10.2 Å². The Morgan fingerprint density at radius 2 is 1.88 bits per heavy atom. The van der Waals surface area contributed by atoms with Gasteiger partial charge in [0.25, 0.3) is 0 Å². The van der Waals surface area contributed by atoms with Gasteiger partial charge in [-0.25, -0.2) is 4.98 Å². The van der Waals surface area contributed by atoms with Gasteiger partial charge in [0.05, 0.1) is 20.1 Å². The molecule has 0 atom stereocenters. The van der Waals surface area contributed by atoms with Crippen LogP contribution in [0.2, 0.25) is 0 Å². The quantitative estimate of drug-likeness (QED) is 0.919. The van der Waals surface area contributed by atoms with Crippen LogP contribution >= 0.6 is 11.3 Å². The van der Waals surface area contributed by atoms with E-state index in [2.05, 4.69) is 10.2 Å². The zero-order chi connectivity index (χ0) is 17.5. The highest BCUT2D eigenvalue weighted by Crippen LogP contribution is 2.41. The van der Waals surface area contributed by atoms with E-state index in [0.717, 1.165) is 26.8 Å². The van der Waals surface area contributed by atoms with Crippen molar-refractivity contribution >= 4 is 32.6 Å². The predicted molar refractivity (Wildman–Crippen MR) is 96.3 cm³/mol. The second-order valence-electron chi connectivity index (χ2n) is 6.99. The van der Waals surface area contributed by atoms with Gasteiger partial charge in [0.15, 0.2) is 5.13 Å². The maximum Gasteiger partial charge on any atom is 0.227 e.